The first-order chi connectivity index (χ1) is 11.6. The third kappa shape index (κ3) is 2.66. The first-order valence-corrected chi connectivity index (χ1v) is 8.12. The van der Waals surface area contributed by atoms with Crippen LogP contribution in [0.1, 0.15) is 23.3 Å². The van der Waals surface area contributed by atoms with Gasteiger partial charge in [-0.1, -0.05) is 6.07 Å². The van der Waals surface area contributed by atoms with Crippen molar-refractivity contribution >= 4 is 11.9 Å². The Morgan fingerprint density at radius 3 is 2.71 bits per heavy atom. The molecule has 124 valence electrons. The zero-order chi connectivity index (χ0) is 16.7. The van der Waals surface area contributed by atoms with E-state index in [1.807, 2.05) is 18.2 Å². The zero-order valence-electron chi connectivity index (χ0n) is 13.1. The quantitative estimate of drug-likeness (QED) is 0.890. The Bertz CT molecular complexity index is 769. The summed E-state index contributed by atoms with van der Waals surface area (Å²) >= 11 is 0. The SMILES string of the molecule is O=C(O)[C@@H]1CN(C(=O)c2cc(-c3ccccn3)n[nH]2)C[C@H]1C1CC1. The second kappa shape index (κ2) is 5.74. The van der Waals surface area contributed by atoms with Crippen LogP contribution in [-0.2, 0) is 4.79 Å². The maximum absolute atomic E-state index is 12.7. The van der Waals surface area contributed by atoms with Gasteiger partial charge in [0.2, 0.25) is 0 Å². The Hall–Kier alpha value is -2.70. The predicted octanol–water partition coefficient (Wildman–Crippen LogP) is 1.65. The van der Waals surface area contributed by atoms with Crippen molar-refractivity contribution in [2.45, 2.75) is 12.8 Å². The Balaban J connectivity index is 1.52. The summed E-state index contributed by atoms with van der Waals surface area (Å²) in [4.78, 5) is 30.0. The molecule has 0 bridgehead atoms. The predicted molar refractivity (Wildman–Crippen MR) is 85.1 cm³/mol. The molecule has 1 aliphatic heterocycles. The average Bonchev–Trinajstić information content (AvgIpc) is 3.15. The van der Waals surface area contributed by atoms with Crippen molar-refractivity contribution < 1.29 is 14.7 Å². The van der Waals surface area contributed by atoms with Crippen LogP contribution >= 0.6 is 0 Å². The maximum Gasteiger partial charge on any atom is 0.308 e. The van der Waals surface area contributed by atoms with E-state index in [1.54, 1.807) is 17.2 Å². The highest BCUT2D eigenvalue weighted by Gasteiger charge is 2.47. The molecule has 1 saturated carbocycles. The number of aromatic amines is 1. The standard InChI is InChI=1S/C17H18N4O3/c22-16(15-7-14(19-20-15)13-3-1-2-6-18-13)21-8-11(10-4-5-10)12(9-21)17(23)24/h1-3,6-7,10-12H,4-5,8-9H2,(H,19,20)(H,23,24)/t11-,12+/m0/s1. The molecule has 2 fully saturated rings. The Kier molecular flexibility index (Phi) is 3.55. The molecule has 4 rings (SSSR count). The summed E-state index contributed by atoms with van der Waals surface area (Å²) in [5.41, 5.74) is 1.66. The third-order valence-electron chi connectivity index (χ3n) is 4.93. The molecule has 3 heterocycles. The van der Waals surface area contributed by atoms with E-state index in [2.05, 4.69) is 15.2 Å². The highest BCUT2D eigenvalue weighted by Crippen LogP contribution is 2.44. The minimum absolute atomic E-state index is 0.0737. The summed E-state index contributed by atoms with van der Waals surface area (Å²) in [7, 11) is 0. The van der Waals surface area contributed by atoms with Gasteiger partial charge in [0.25, 0.3) is 5.91 Å². The lowest BCUT2D eigenvalue weighted by Gasteiger charge is -2.14. The minimum atomic E-state index is -0.805. The van der Waals surface area contributed by atoms with Crippen LogP contribution in [0, 0.1) is 17.8 Å². The van der Waals surface area contributed by atoms with Gasteiger partial charge in [0.05, 0.1) is 11.6 Å². The molecule has 0 radical (unpaired) electrons. The Labute approximate surface area is 138 Å². The molecule has 2 atom stereocenters. The molecular weight excluding hydrogens is 308 g/mol. The Morgan fingerprint density at radius 2 is 2.04 bits per heavy atom. The molecule has 7 nitrogen and oxygen atoms in total. The minimum Gasteiger partial charge on any atom is -0.481 e. The fourth-order valence-corrected chi connectivity index (χ4v) is 3.51. The number of carboxylic acid groups (broad SMARTS) is 1. The molecule has 2 aromatic heterocycles. The fourth-order valence-electron chi connectivity index (χ4n) is 3.51. The number of H-pyrrole nitrogens is 1. The van der Waals surface area contributed by atoms with Crippen molar-refractivity contribution in [2.24, 2.45) is 17.8 Å². The largest absolute Gasteiger partial charge is 0.481 e. The van der Waals surface area contributed by atoms with Gasteiger partial charge in [-0.15, -0.1) is 0 Å². The molecule has 2 aromatic rings. The average molecular weight is 326 g/mol. The number of amides is 1. The number of carboxylic acids is 1. The lowest BCUT2D eigenvalue weighted by atomic mass is 9.92. The van der Waals surface area contributed by atoms with Crippen molar-refractivity contribution in [1.82, 2.24) is 20.1 Å². The van der Waals surface area contributed by atoms with Gasteiger partial charge in [-0.05, 0) is 42.9 Å². The van der Waals surface area contributed by atoms with Crippen molar-refractivity contribution in [3.8, 4) is 11.4 Å². The number of pyridine rings is 1. The van der Waals surface area contributed by atoms with Crippen LogP contribution in [0.5, 0.6) is 0 Å². The lowest BCUT2D eigenvalue weighted by molar-refractivity contribution is -0.142. The van der Waals surface area contributed by atoms with E-state index in [-0.39, 0.29) is 18.4 Å². The van der Waals surface area contributed by atoms with E-state index in [4.69, 9.17) is 0 Å². The van der Waals surface area contributed by atoms with Crippen LogP contribution in [0.2, 0.25) is 0 Å². The van der Waals surface area contributed by atoms with Crippen molar-refractivity contribution in [3.63, 3.8) is 0 Å². The number of nitrogens with one attached hydrogen (secondary N) is 1. The smallest absolute Gasteiger partial charge is 0.308 e. The second-order valence-corrected chi connectivity index (χ2v) is 6.54. The second-order valence-electron chi connectivity index (χ2n) is 6.54. The van der Waals surface area contributed by atoms with Crippen molar-refractivity contribution in [2.75, 3.05) is 13.1 Å². The summed E-state index contributed by atoms with van der Waals surface area (Å²) < 4.78 is 0. The first-order valence-electron chi connectivity index (χ1n) is 8.12. The van der Waals surface area contributed by atoms with Crippen LogP contribution in [0.4, 0.5) is 0 Å². The topological polar surface area (TPSA) is 99.2 Å². The fraction of sp³-hybridized carbons (Fsp3) is 0.412. The summed E-state index contributed by atoms with van der Waals surface area (Å²) in [6.45, 7) is 0.783. The monoisotopic (exact) mass is 326 g/mol. The molecule has 24 heavy (non-hydrogen) atoms. The Morgan fingerprint density at radius 1 is 1.21 bits per heavy atom. The molecule has 0 unspecified atom stereocenters. The molecule has 0 aromatic carbocycles. The van der Waals surface area contributed by atoms with Gasteiger partial charge in [-0.25, -0.2) is 0 Å². The van der Waals surface area contributed by atoms with Crippen molar-refractivity contribution in [1.29, 1.82) is 0 Å². The van der Waals surface area contributed by atoms with E-state index < -0.39 is 11.9 Å². The highest BCUT2D eigenvalue weighted by molar-refractivity contribution is 5.94. The van der Waals surface area contributed by atoms with E-state index in [0.29, 0.717) is 29.5 Å². The normalized spacial score (nSPS) is 23.4. The number of hydrogen-bond donors (Lipinski definition) is 2. The molecule has 0 spiro atoms. The van der Waals surface area contributed by atoms with Gasteiger partial charge >= 0.3 is 5.97 Å². The lowest BCUT2D eigenvalue weighted by Crippen LogP contribution is -2.30. The zero-order valence-corrected chi connectivity index (χ0v) is 13.1. The van der Waals surface area contributed by atoms with Crippen LogP contribution in [0.25, 0.3) is 11.4 Å². The number of likely N-dealkylation sites (tertiary alicyclic amines) is 1. The van der Waals surface area contributed by atoms with Gasteiger partial charge in [0.1, 0.15) is 11.4 Å². The molecule has 2 aliphatic rings. The summed E-state index contributed by atoms with van der Waals surface area (Å²) in [6, 6.07) is 7.17. The number of carbonyl (C=O) groups is 2. The molecule has 2 N–H and O–H groups in total. The van der Waals surface area contributed by atoms with Gasteiger partial charge in [-0.2, -0.15) is 5.10 Å². The van der Waals surface area contributed by atoms with Crippen molar-refractivity contribution in [3.05, 3.63) is 36.2 Å². The molecule has 7 heteroatoms. The molecular formula is C17H18N4O3. The van der Waals surface area contributed by atoms with Gasteiger partial charge in [0, 0.05) is 19.3 Å². The maximum atomic E-state index is 12.7. The highest BCUT2D eigenvalue weighted by atomic mass is 16.4. The number of aromatic nitrogens is 3. The number of aliphatic carboxylic acids is 1. The summed E-state index contributed by atoms with van der Waals surface area (Å²) in [5, 5.41) is 16.3. The van der Waals surface area contributed by atoms with Gasteiger partial charge in [-0.3, -0.25) is 19.7 Å². The summed E-state index contributed by atoms with van der Waals surface area (Å²) in [6.07, 6.45) is 3.82. The number of rotatable bonds is 4. The van der Waals surface area contributed by atoms with Gasteiger partial charge in [0.15, 0.2) is 0 Å². The van der Waals surface area contributed by atoms with E-state index in [1.165, 1.54) is 0 Å². The molecule has 1 aliphatic carbocycles. The number of carbonyl (C=O) groups excluding carboxylic acids is 1. The molecule has 1 amide bonds. The third-order valence-corrected chi connectivity index (χ3v) is 4.93. The van der Waals surface area contributed by atoms with Crippen LogP contribution in [-0.4, -0.2) is 50.2 Å². The molecule has 1 saturated heterocycles. The van der Waals surface area contributed by atoms with E-state index >= 15 is 0 Å². The first kappa shape index (κ1) is 14.9. The van der Waals surface area contributed by atoms with Crippen LogP contribution < -0.4 is 0 Å². The van der Waals surface area contributed by atoms with E-state index in [9.17, 15) is 14.7 Å². The number of hydrogen-bond acceptors (Lipinski definition) is 4. The number of nitrogens with zero attached hydrogens (tertiary/aromatic N) is 3. The van der Waals surface area contributed by atoms with E-state index in [0.717, 1.165) is 12.8 Å². The van der Waals surface area contributed by atoms with Gasteiger partial charge < -0.3 is 10.0 Å². The van der Waals surface area contributed by atoms with Crippen LogP contribution in [0.3, 0.4) is 0 Å². The summed E-state index contributed by atoms with van der Waals surface area (Å²) in [5.74, 6) is -0.931. The van der Waals surface area contributed by atoms with Crippen LogP contribution in [0.15, 0.2) is 30.5 Å².